The Hall–Kier alpha value is -0.100. The zero-order valence-electron chi connectivity index (χ0n) is 5.46. The van der Waals surface area contributed by atoms with Gasteiger partial charge in [0.1, 0.15) is 10.0 Å². The minimum atomic E-state index is 1.03. The average Bonchev–Trinajstić information content (AvgIpc) is 2.33. The van der Waals surface area contributed by atoms with E-state index in [9.17, 15) is 0 Å². The van der Waals surface area contributed by atoms with Crippen molar-refractivity contribution in [1.82, 2.24) is 9.38 Å². The molecule has 4 heteroatoms. The van der Waals surface area contributed by atoms with Gasteiger partial charge in [-0.05, 0) is 34.7 Å². The zero-order valence-corrected chi connectivity index (χ0v) is 9.20. The van der Waals surface area contributed by atoms with E-state index in [1.54, 1.807) is 0 Å². The molecule has 0 aromatic carbocycles. The molecule has 0 N–H and O–H groups in total. The number of hydrogen-bond donors (Lipinski definition) is 0. The lowest BCUT2D eigenvalue weighted by atomic mass is 10.4. The topological polar surface area (TPSA) is 17.3 Å². The lowest BCUT2D eigenvalue weighted by Crippen LogP contribution is -1.80. The van der Waals surface area contributed by atoms with Crippen LogP contribution in [0.1, 0.15) is 0 Å². The summed E-state index contributed by atoms with van der Waals surface area (Å²) in [5.41, 5.74) is 1.14. The standard InChI is InChI=1S/C7H4BrIN2/c8-5-1-2-11-4-10-7(9)6(11)3-5/h1-4H. The minimum Gasteiger partial charge on any atom is -0.305 e. The molecule has 2 aromatic heterocycles. The Morgan fingerprint density at radius 1 is 1.55 bits per heavy atom. The Morgan fingerprint density at radius 2 is 2.36 bits per heavy atom. The van der Waals surface area contributed by atoms with Crippen molar-refractivity contribution in [2.24, 2.45) is 0 Å². The van der Waals surface area contributed by atoms with E-state index in [-0.39, 0.29) is 0 Å². The van der Waals surface area contributed by atoms with Gasteiger partial charge in [0.05, 0.1) is 5.52 Å². The van der Waals surface area contributed by atoms with Crippen LogP contribution in [0.5, 0.6) is 0 Å². The lowest BCUT2D eigenvalue weighted by Gasteiger charge is -1.93. The van der Waals surface area contributed by atoms with Gasteiger partial charge in [0.2, 0.25) is 0 Å². The minimum absolute atomic E-state index is 1.03. The van der Waals surface area contributed by atoms with Crippen LogP contribution in [0.3, 0.4) is 0 Å². The second kappa shape index (κ2) is 2.75. The Balaban J connectivity index is 2.87. The zero-order chi connectivity index (χ0) is 7.84. The molecule has 0 aliphatic carbocycles. The monoisotopic (exact) mass is 322 g/mol. The molecule has 0 saturated heterocycles. The van der Waals surface area contributed by atoms with Crippen molar-refractivity contribution in [3.05, 3.63) is 32.8 Å². The normalized spacial score (nSPS) is 10.7. The van der Waals surface area contributed by atoms with Gasteiger partial charge in [0.25, 0.3) is 0 Å². The third-order valence-corrected chi connectivity index (χ3v) is 2.78. The quantitative estimate of drug-likeness (QED) is 0.682. The van der Waals surface area contributed by atoms with Crippen LogP contribution in [0.15, 0.2) is 29.1 Å². The number of pyridine rings is 1. The van der Waals surface area contributed by atoms with Crippen molar-refractivity contribution < 1.29 is 0 Å². The summed E-state index contributed by atoms with van der Waals surface area (Å²) in [5.74, 6) is 0. The Bertz CT molecular complexity index is 396. The van der Waals surface area contributed by atoms with Gasteiger partial charge < -0.3 is 4.40 Å². The van der Waals surface area contributed by atoms with E-state index in [0.717, 1.165) is 13.7 Å². The molecule has 0 aliphatic heterocycles. The highest BCUT2D eigenvalue weighted by molar-refractivity contribution is 14.1. The number of hydrogen-bond acceptors (Lipinski definition) is 1. The number of aromatic nitrogens is 2. The maximum Gasteiger partial charge on any atom is 0.127 e. The van der Waals surface area contributed by atoms with Gasteiger partial charge in [-0.25, -0.2) is 4.98 Å². The van der Waals surface area contributed by atoms with Crippen molar-refractivity contribution in [3.8, 4) is 0 Å². The molecule has 0 fully saturated rings. The van der Waals surface area contributed by atoms with E-state index < -0.39 is 0 Å². The Morgan fingerprint density at radius 3 is 3.18 bits per heavy atom. The summed E-state index contributed by atoms with van der Waals surface area (Å²) in [6.45, 7) is 0. The Kier molecular flexibility index (Phi) is 1.88. The fraction of sp³-hybridized carbons (Fsp3) is 0. The van der Waals surface area contributed by atoms with Crippen molar-refractivity contribution in [1.29, 1.82) is 0 Å². The highest BCUT2D eigenvalue weighted by Gasteiger charge is 1.99. The van der Waals surface area contributed by atoms with Crippen LogP contribution in [0.2, 0.25) is 0 Å². The fourth-order valence-electron chi connectivity index (χ4n) is 0.931. The van der Waals surface area contributed by atoms with Gasteiger partial charge in [0.15, 0.2) is 0 Å². The maximum absolute atomic E-state index is 4.17. The van der Waals surface area contributed by atoms with Gasteiger partial charge >= 0.3 is 0 Å². The molecular formula is C7H4BrIN2. The van der Waals surface area contributed by atoms with E-state index in [1.807, 2.05) is 23.0 Å². The van der Waals surface area contributed by atoms with Crippen LogP contribution >= 0.6 is 38.5 Å². The molecule has 0 spiro atoms. The van der Waals surface area contributed by atoms with Crippen LogP contribution in [-0.4, -0.2) is 9.38 Å². The maximum atomic E-state index is 4.17. The number of halogens is 2. The number of rotatable bonds is 0. The lowest BCUT2D eigenvalue weighted by molar-refractivity contribution is 1.15. The molecule has 0 atom stereocenters. The smallest absolute Gasteiger partial charge is 0.127 e. The first-order valence-corrected chi connectivity index (χ1v) is 4.92. The molecule has 56 valence electrons. The molecule has 2 heterocycles. The SMILES string of the molecule is Brc1ccn2cnc(I)c2c1. The summed E-state index contributed by atoms with van der Waals surface area (Å²) >= 11 is 5.62. The van der Waals surface area contributed by atoms with E-state index in [2.05, 4.69) is 49.6 Å². The second-order valence-corrected chi connectivity index (χ2v) is 4.11. The van der Waals surface area contributed by atoms with Crippen molar-refractivity contribution >= 4 is 44.0 Å². The predicted molar refractivity (Wildman–Crippen MR) is 55.6 cm³/mol. The third-order valence-electron chi connectivity index (χ3n) is 1.45. The molecule has 0 unspecified atom stereocenters. The molecule has 2 aromatic rings. The summed E-state index contributed by atoms with van der Waals surface area (Å²) in [5, 5.41) is 0. The first-order chi connectivity index (χ1) is 5.27. The summed E-state index contributed by atoms with van der Waals surface area (Å²) in [6.07, 6.45) is 3.79. The molecule has 0 radical (unpaired) electrons. The highest BCUT2D eigenvalue weighted by Crippen LogP contribution is 2.16. The molecule has 0 bridgehead atoms. The Labute approximate surface area is 85.9 Å². The second-order valence-electron chi connectivity index (χ2n) is 2.17. The first-order valence-electron chi connectivity index (χ1n) is 3.05. The van der Waals surface area contributed by atoms with Crippen LogP contribution in [-0.2, 0) is 0 Å². The number of fused-ring (bicyclic) bond motifs is 1. The van der Waals surface area contributed by atoms with Crippen LogP contribution in [0.25, 0.3) is 5.52 Å². The molecule has 0 saturated carbocycles. The summed E-state index contributed by atoms with van der Waals surface area (Å²) in [4.78, 5) is 4.17. The van der Waals surface area contributed by atoms with Gasteiger partial charge in [0, 0.05) is 10.7 Å². The van der Waals surface area contributed by atoms with Crippen LogP contribution in [0.4, 0.5) is 0 Å². The molecule has 0 aliphatic rings. The summed E-state index contributed by atoms with van der Waals surface area (Å²) < 4.78 is 4.11. The number of nitrogens with zero attached hydrogens (tertiary/aromatic N) is 2. The van der Waals surface area contributed by atoms with Gasteiger partial charge in [-0.1, -0.05) is 15.9 Å². The van der Waals surface area contributed by atoms with E-state index in [1.165, 1.54) is 0 Å². The van der Waals surface area contributed by atoms with Gasteiger partial charge in [-0.2, -0.15) is 0 Å². The van der Waals surface area contributed by atoms with E-state index in [0.29, 0.717) is 0 Å². The molecule has 0 amide bonds. The van der Waals surface area contributed by atoms with Crippen molar-refractivity contribution in [3.63, 3.8) is 0 Å². The third kappa shape index (κ3) is 1.29. The van der Waals surface area contributed by atoms with Gasteiger partial charge in [-0.3, -0.25) is 0 Å². The van der Waals surface area contributed by atoms with E-state index >= 15 is 0 Å². The first kappa shape index (κ1) is 7.54. The summed E-state index contributed by atoms with van der Waals surface area (Å²) in [7, 11) is 0. The van der Waals surface area contributed by atoms with Crippen LogP contribution in [0, 0.1) is 3.70 Å². The van der Waals surface area contributed by atoms with E-state index in [4.69, 9.17) is 0 Å². The van der Waals surface area contributed by atoms with Crippen molar-refractivity contribution in [2.45, 2.75) is 0 Å². The van der Waals surface area contributed by atoms with Crippen molar-refractivity contribution in [2.75, 3.05) is 0 Å². The fourth-order valence-corrected chi connectivity index (χ4v) is 1.82. The molecule has 11 heavy (non-hydrogen) atoms. The number of imidazole rings is 1. The summed E-state index contributed by atoms with van der Waals surface area (Å²) in [6, 6.07) is 4.04. The largest absolute Gasteiger partial charge is 0.305 e. The average molecular weight is 323 g/mol. The van der Waals surface area contributed by atoms with Gasteiger partial charge in [-0.15, -0.1) is 0 Å². The molecular weight excluding hydrogens is 319 g/mol. The molecule has 2 nitrogen and oxygen atoms in total. The highest BCUT2D eigenvalue weighted by atomic mass is 127. The predicted octanol–water partition coefficient (Wildman–Crippen LogP) is 2.70. The van der Waals surface area contributed by atoms with Crippen LogP contribution < -0.4 is 0 Å². The molecule has 2 rings (SSSR count).